The molecule has 1 aromatic heterocycles. The molecule has 30 heavy (non-hydrogen) atoms. The number of para-hydroxylation sites is 1. The van der Waals surface area contributed by atoms with Gasteiger partial charge in [-0.1, -0.05) is 18.2 Å². The third kappa shape index (κ3) is 3.72. The zero-order valence-electron chi connectivity index (χ0n) is 16.1. The molecular weight excluding hydrogens is 406 g/mol. The number of anilines is 2. The number of benzene rings is 2. The van der Waals surface area contributed by atoms with Crippen LogP contribution >= 0.6 is 0 Å². The average Bonchev–Trinajstić information content (AvgIpc) is 3.42. The van der Waals surface area contributed by atoms with Crippen LogP contribution in [0.5, 0.6) is 0 Å². The number of carbonyl (C=O) groups is 2. The van der Waals surface area contributed by atoms with Crippen LogP contribution in [0.1, 0.15) is 26.5 Å². The van der Waals surface area contributed by atoms with E-state index in [0.29, 0.717) is 17.8 Å². The van der Waals surface area contributed by atoms with Gasteiger partial charge in [0.05, 0.1) is 0 Å². The lowest BCUT2D eigenvalue weighted by molar-refractivity contribution is 0.0984. The molecule has 0 bridgehead atoms. The largest absolute Gasteiger partial charge is 0.438 e. The lowest BCUT2D eigenvalue weighted by Crippen LogP contribution is -2.28. The van der Waals surface area contributed by atoms with Gasteiger partial charge in [-0.2, -0.15) is 0 Å². The van der Waals surface area contributed by atoms with Crippen LogP contribution in [0.2, 0.25) is 0 Å². The molecule has 0 unspecified atom stereocenters. The Hall–Kier alpha value is -3.43. The molecule has 0 saturated carbocycles. The van der Waals surface area contributed by atoms with Gasteiger partial charge < -0.3 is 14.6 Å². The Morgan fingerprint density at radius 2 is 1.73 bits per heavy atom. The van der Waals surface area contributed by atoms with Gasteiger partial charge in [0.1, 0.15) is 0 Å². The Morgan fingerprint density at radius 3 is 2.47 bits per heavy atom. The molecular formula is C21H19N3O5S. The van der Waals surface area contributed by atoms with Crippen LogP contribution in [0.4, 0.5) is 11.4 Å². The number of carbonyl (C=O) groups excluding carboxylic acids is 2. The fourth-order valence-corrected chi connectivity index (χ4v) is 3.93. The molecule has 2 heterocycles. The molecule has 4 rings (SSSR count). The van der Waals surface area contributed by atoms with E-state index in [0.717, 1.165) is 17.7 Å². The minimum Gasteiger partial charge on any atom is -0.438 e. The molecule has 0 aliphatic carbocycles. The van der Waals surface area contributed by atoms with Gasteiger partial charge in [0.15, 0.2) is 5.76 Å². The minimum absolute atomic E-state index is 0.106. The standard InChI is InChI=1S/C21H19N3O5S/c1-22-30(27,28)19-11-10-18(29-19)20(25)23-16-8-6-15(7-9-16)21(26)24-13-12-14-4-2-3-5-17(14)24/h2-11,22H,12-13H2,1H3,(H,23,25). The molecule has 0 saturated heterocycles. The predicted octanol–water partition coefficient (Wildman–Crippen LogP) is 2.64. The summed E-state index contributed by atoms with van der Waals surface area (Å²) < 4.78 is 30.6. The maximum Gasteiger partial charge on any atom is 0.291 e. The van der Waals surface area contributed by atoms with E-state index >= 15 is 0 Å². The van der Waals surface area contributed by atoms with E-state index in [1.54, 1.807) is 29.2 Å². The van der Waals surface area contributed by atoms with Crippen molar-refractivity contribution in [3.8, 4) is 0 Å². The monoisotopic (exact) mass is 425 g/mol. The zero-order chi connectivity index (χ0) is 21.3. The highest BCUT2D eigenvalue weighted by atomic mass is 32.2. The van der Waals surface area contributed by atoms with Crippen LogP contribution in [-0.4, -0.2) is 33.8 Å². The highest BCUT2D eigenvalue weighted by Crippen LogP contribution is 2.29. The van der Waals surface area contributed by atoms with Crippen LogP contribution in [0.3, 0.4) is 0 Å². The van der Waals surface area contributed by atoms with E-state index < -0.39 is 15.9 Å². The van der Waals surface area contributed by atoms with Crippen molar-refractivity contribution < 1.29 is 22.4 Å². The average molecular weight is 425 g/mol. The first-order valence-corrected chi connectivity index (χ1v) is 10.7. The number of hydrogen-bond acceptors (Lipinski definition) is 5. The lowest BCUT2D eigenvalue weighted by Gasteiger charge is -2.17. The summed E-state index contributed by atoms with van der Waals surface area (Å²) in [6.45, 7) is 0.632. The van der Waals surface area contributed by atoms with Gasteiger partial charge in [0.25, 0.3) is 21.8 Å². The van der Waals surface area contributed by atoms with Gasteiger partial charge in [-0.05, 0) is 61.5 Å². The smallest absolute Gasteiger partial charge is 0.291 e. The van der Waals surface area contributed by atoms with Crippen molar-refractivity contribution in [2.24, 2.45) is 0 Å². The molecule has 1 aliphatic rings. The van der Waals surface area contributed by atoms with Gasteiger partial charge >= 0.3 is 0 Å². The Labute approximate surface area is 173 Å². The summed E-state index contributed by atoms with van der Waals surface area (Å²) in [6, 6.07) is 16.8. The van der Waals surface area contributed by atoms with Gasteiger partial charge in [-0.15, -0.1) is 0 Å². The fourth-order valence-electron chi connectivity index (χ4n) is 3.28. The molecule has 3 aromatic rings. The SMILES string of the molecule is CNS(=O)(=O)c1ccc(C(=O)Nc2ccc(C(=O)N3CCc4ccccc43)cc2)o1. The van der Waals surface area contributed by atoms with Gasteiger partial charge in [-0.3, -0.25) is 9.59 Å². The molecule has 2 amide bonds. The van der Waals surface area contributed by atoms with Gasteiger partial charge in [0, 0.05) is 23.5 Å². The number of fused-ring (bicyclic) bond motifs is 1. The second-order valence-electron chi connectivity index (χ2n) is 6.69. The number of hydrogen-bond donors (Lipinski definition) is 2. The number of amides is 2. The third-order valence-corrected chi connectivity index (χ3v) is 6.15. The number of furan rings is 1. The molecule has 9 heteroatoms. The first-order valence-electron chi connectivity index (χ1n) is 9.23. The highest BCUT2D eigenvalue weighted by molar-refractivity contribution is 7.89. The zero-order valence-corrected chi connectivity index (χ0v) is 16.9. The first kappa shape index (κ1) is 19.9. The Balaban J connectivity index is 1.45. The van der Waals surface area contributed by atoms with Crippen LogP contribution in [0, 0.1) is 0 Å². The third-order valence-electron chi connectivity index (χ3n) is 4.86. The summed E-state index contributed by atoms with van der Waals surface area (Å²) in [6.07, 6.45) is 0.824. The fraction of sp³-hybridized carbons (Fsp3) is 0.143. The molecule has 2 aromatic carbocycles. The second-order valence-corrected chi connectivity index (χ2v) is 8.51. The normalized spacial score (nSPS) is 13.2. The topological polar surface area (TPSA) is 109 Å². The maximum atomic E-state index is 12.9. The van der Waals surface area contributed by atoms with Crippen molar-refractivity contribution in [1.29, 1.82) is 0 Å². The van der Waals surface area contributed by atoms with E-state index in [1.807, 2.05) is 24.3 Å². The quantitative estimate of drug-likeness (QED) is 0.653. The highest BCUT2D eigenvalue weighted by Gasteiger charge is 2.25. The number of nitrogens with one attached hydrogen (secondary N) is 2. The van der Waals surface area contributed by atoms with E-state index in [4.69, 9.17) is 4.42 Å². The number of nitrogens with zero attached hydrogens (tertiary/aromatic N) is 1. The van der Waals surface area contributed by atoms with Crippen molar-refractivity contribution in [2.45, 2.75) is 11.5 Å². The van der Waals surface area contributed by atoms with Gasteiger partial charge in [0.2, 0.25) is 5.09 Å². The first-order chi connectivity index (χ1) is 14.4. The van der Waals surface area contributed by atoms with Crippen molar-refractivity contribution in [3.05, 3.63) is 77.6 Å². The predicted molar refractivity (Wildman–Crippen MR) is 111 cm³/mol. The van der Waals surface area contributed by atoms with Crippen LogP contribution in [0.15, 0.2) is 70.2 Å². The Bertz CT molecular complexity index is 1220. The van der Waals surface area contributed by atoms with Crippen LogP contribution < -0.4 is 14.9 Å². The van der Waals surface area contributed by atoms with E-state index in [1.165, 1.54) is 19.2 Å². The van der Waals surface area contributed by atoms with Gasteiger partial charge in [-0.25, -0.2) is 13.1 Å². The summed E-state index contributed by atoms with van der Waals surface area (Å²) in [4.78, 5) is 26.9. The molecule has 0 spiro atoms. The lowest BCUT2D eigenvalue weighted by atomic mass is 10.1. The minimum atomic E-state index is -3.77. The van der Waals surface area contributed by atoms with Crippen molar-refractivity contribution >= 4 is 33.2 Å². The molecule has 1 aliphatic heterocycles. The Kier molecular flexibility index (Phi) is 5.15. The summed E-state index contributed by atoms with van der Waals surface area (Å²) in [7, 11) is -2.52. The second kappa shape index (κ2) is 7.77. The Morgan fingerprint density at radius 1 is 1.00 bits per heavy atom. The molecule has 2 N–H and O–H groups in total. The van der Waals surface area contributed by atoms with E-state index in [-0.39, 0.29) is 16.8 Å². The molecule has 0 atom stereocenters. The summed E-state index contributed by atoms with van der Waals surface area (Å²) in [5.74, 6) is -0.844. The molecule has 0 radical (unpaired) electrons. The summed E-state index contributed by atoms with van der Waals surface area (Å²) in [5, 5.41) is 2.27. The van der Waals surface area contributed by atoms with Crippen molar-refractivity contribution in [3.63, 3.8) is 0 Å². The van der Waals surface area contributed by atoms with E-state index in [9.17, 15) is 18.0 Å². The van der Waals surface area contributed by atoms with Crippen LogP contribution in [0.25, 0.3) is 0 Å². The molecule has 154 valence electrons. The maximum absolute atomic E-state index is 12.9. The summed E-state index contributed by atoms with van der Waals surface area (Å²) in [5.41, 5.74) is 3.02. The van der Waals surface area contributed by atoms with Crippen molar-refractivity contribution in [1.82, 2.24) is 4.72 Å². The number of rotatable bonds is 5. The molecule has 8 nitrogen and oxygen atoms in total. The van der Waals surface area contributed by atoms with E-state index in [2.05, 4.69) is 10.0 Å². The van der Waals surface area contributed by atoms with Crippen molar-refractivity contribution in [2.75, 3.05) is 23.8 Å². The molecule has 0 fully saturated rings. The summed E-state index contributed by atoms with van der Waals surface area (Å²) >= 11 is 0. The number of sulfonamides is 1. The van der Waals surface area contributed by atoms with Crippen LogP contribution in [-0.2, 0) is 16.4 Å².